The quantitative estimate of drug-likeness (QED) is 0.506. The molecule has 0 bridgehead atoms. The van der Waals surface area contributed by atoms with Crippen LogP contribution in [0.15, 0.2) is 48.2 Å². The number of halogens is 1. The highest BCUT2D eigenvalue weighted by Gasteiger charge is 2.32. The number of imidazole rings is 1. The van der Waals surface area contributed by atoms with Gasteiger partial charge in [-0.3, -0.25) is 14.5 Å². The van der Waals surface area contributed by atoms with E-state index in [9.17, 15) is 18.8 Å². The van der Waals surface area contributed by atoms with Crippen LogP contribution in [-0.2, 0) is 32.1 Å². The molecule has 172 valence electrons. The molecule has 0 spiro atoms. The Labute approximate surface area is 192 Å². The van der Waals surface area contributed by atoms with Crippen molar-refractivity contribution in [3.8, 4) is 5.69 Å². The number of rotatable bonds is 8. The van der Waals surface area contributed by atoms with Crippen molar-refractivity contribution in [2.24, 2.45) is 0 Å². The summed E-state index contributed by atoms with van der Waals surface area (Å²) < 4.78 is 26.8. The Balaban J connectivity index is 1.37. The number of hydrogen-bond donors (Lipinski definition) is 1. The summed E-state index contributed by atoms with van der Waals surface area (Å²) in [4.78, 5) is 41.5. The summed E-state index contributed by atoms with van der Waals surface area (Å²) in [6, 6.07) is 8.08. The molecule has 3 heterocycles. The number of cyclic esters (lactones) is 1. The standard InChI is InChI=1S/C22H21FN4O5S/c1-14(28)24-9-17-11-27(22(30)32-17)16-4-5-20(19(23)7-16)26-10-15(25-13-26)12-31-21(29)8-18-3-2-6-33-18/h2-7,10,13,17H,8-9,11-12H2,1H3,(H,24,28)/t17-/m0/s1. The number of anilines is 1. The summed E-state index contributed by atoms with van der Waals surface area (Å²) in [5.74, 6) is -1.15. The fourth-order valence-electron chi connectivity index (χ4n) is 3.30. The molecule has 4 rings (SSSR count). The third kappa shape index (κ3) is 5.55. The molecule has 1 N–H and O–H groups in total. The van der Waals surface area contributed by atoms with Crippen molar-refractivity contribution in [1.82, 2.24) is 14.9 Å². The van der Waals surface area contributed by atoms with Crippen molar-refractivity contribution in [3.63, 3.8) is 0 Å². The average Bonchev–Trinajstić information content (AvgIpc) is 3.52. The largest absolute Gasteiger partial charge is 0.459 e. The number of thiophene rings is 1. The monoisotopic (exact) mass is 472 g/mol. The number of aromatic nitrogens is 2. The zero-order chi connectivity index (χ0) is 23.4. The minimum Gasteiger partial charge on any atom is -0.459 e. The number of esters is 1. The summed E-state index contributed by atoms with van der Waals surface area (Å²) in [7, 11) is 0. The van der Waals surface area contributed by atoms with Crippen LogP contribution in [0.1, 0.15) is 17.5 Å². The summed E-state index contributed by atoms with van der Waals surface area (Å²) in [5, 5.41) is 4.48. The van der Waals surface area contributed by atoms with Crippen molar-refractivity contribution < 1.29 is 28.2 Å². The predicted octanol–water partition coefficient (Wildman–Crippen LogP) is 2.82. The molecule has 2 aromatic heterocycles. The Morgan fingerprint density at radius 2 is 2.21 bits per heavy atom. The van der Waals surface area contributed by atoms with Gasteiger partial charge < -0.3 is 19.4 Å². The van der Waals surface area contributed by atoms with Gasteiger partial charge in [-0.1, -0.05) is 6.07 Å². The first-order chi connectivity index (χ1) is 15.9. The molecule has 9 nitrogen and oxygen atoms in total. The zero-order valence-electron chi connectivity index (χ0n) is 17.7. The number of amides is 2. The third-order valence-corrected chi connectivity index (χ3v) is 5.77. The van der Waals surface area contributed by atoms with Crippen molar-refractivity contribution >= 4 is 35.0 Å². The molecule has 0 radical (unpaired) electrons. The van der Waals surface area contributed by atoms with Crippen LogP contribution in [0.2, 0.25) is 0 Å². The molecule has 0 saturated carbocycles. The Bertz CT molecular complexity index is 1160. The minimum atomic E-state index is -0.605. The van der Waals surface area contributed by atoms with E-state index in [2.05, 4.69) is 10.3 Å². The van der Waals surface area contributed by atoms with Gasteiger partial charge in [0.15, 0.2) is 0 Å². The van der Waals surface area contributed by atoms with Gasteiger partial charge in [0.05, 0.1) is 42.9 Å². The maximum Gasteiger partial charge on any atom is 0.414 e. The Morgan fingerprint density at radius 1 is 1.36 bits per heavy atom. The van der Waals surface area contributed by atoms with Crippen molar-refractivity contribution in [2.75, 3.05) is 18.0 Å². The fourth-order valence-corrected chi connectivity index (χ4v) is 3.99. The second-order valence-electron chi connectivity index (χ2n) is 7.38. The van der Waals surface area contributed by atoms with Crippen LogP contribution in [0.25, 0.3) is 5.69 Å². The maximum atomic E-state index is 14.8. The van der Waals surface area contributed by atoms with Gasteiger partial charge in [-0.2, -0.15) is 0 Å². The van der Waals surface area contributed by atoms with E-state index in [0.717, 1.165) is 4.88 Å². The lowest BCUT2D eigenvalue weighted by atomic mass is 10.2. The van der Waals surface area contributed by atoms with Gasteiger partial charge in [0, 0.05) is 18.0 Å². The van der Waals surface area contributed by atoms with E-state index in [1.165, 1.54) is 46.2 Å². The number of hydrogen-bond acceptors (Lipinski definition) is 7. The SMILES string of the molecule is CC(=O)NC[C@H]1CN(c2ccc(-n3cnc(COC(=O)Cc4cccs4)c3)c(F)c2)C(=O)O1. The first-order valence-electron chi connectivity index (χ1n) is 10.1. The highest BCUT2D eigenvalue weighted by Crippen LogP contribution is 2.25. The van der Waals surface area contributed by atoms with Crippen LogP contribution in [0.5, 0.6) is 0 Å². The van der Waals surface area contributed by atoms with E-state index in [1.807, 2.05) is 17.5 Å². The van der Waals surface area contributed by atoms with E-state index in [1.54, 1.807) is 12.3 Å². The normalized spacial score (nSPS) is 15.4. The molecule has 0 unspecified atom stereocenters. The number of carbonyl (C=O) groups is 3. The van der Waals surface area contributed by atoms with Crippen LogP contribution in [0.4, 0.5) is 14.9 Å². The Hall–Kier alpha value is -3.73. The number of benzene rings is 1. The van der Waals surface area contributed by atoms with Gasteiger partial charge in [0.25, 0.3) is 0 Å². The van der Waals surface area contributed by atoms with Crippen molar-refractivity contribution in [1.29, 1.82) is 0 Å². The van der Waals surface area contributed by atoms with Gasteiger partial charge in [-0.05, 0) is 29.6 Å². The van der Waals surface area contributed by atoms with Crippen LogP contribution >= 0.6 is 11.3 Å². The first-order valence-corrected chi connectivity index (χ1v) is 11.0. The molecule has 1 aromatic carbocycles. The molecule has 2 amide bonds. The van der Waals surface area contributed by atoms with Crippen LogP contribution in [0.3, 0.4) is 0 Å². The molecular weight excluding hydrogens is 451 g/mol. The lowest BCUT2D eigenvalue weighted by molar-refractivity contribution is -0.144. The fraction of sp³-hybridized carbons (Fsp3) is 0.273. The van der Waals surface area contributed by atoms with E-state index in [-0.39, 0.29) is 43.7 Å². The third-order valence-electron chi connectivity index (χ3n) is 4.89. The predicted molar refractivity (Wildman–Crippen MR) is 118 cm³/mol. The van der Waals surface area contributed by atoms with Crippen LogP contribution in [-0.4, -0.2) is 46.7 Å². The van der Waals surface area contributed by atoms with Gasteiger partial charge in [0.1, 0.15) is 18.5 Å². The second kappa shape index (κ2) is 9.82. The van der Waals surface area contributed by atoms with E-state index < -0.39 is 18.0 Å². The molecule has 11 heteroatoms. The number of nitrogens with zero attached hydrogens (tertiary/aromatic N) is 3. The number of nitrogens with one attached hydrogen (secondary N) is 1. The molecule has 0 aliphatic carbocycles. The zero-order valence-corrected chi connectivity index (χ0v) is 18.5. The van der Waals surface area contributed by atoms with E-state index >= 15 is 0 Å². The molecule has 1 atom stereocenters. The lowest BCUT2D eigenvalue weighted by Gasteiger charge is -2.14. The smallest absolute Gasteiger partial charge is 0.414 e. The average molecular weight is 472 g/mol. The van der Waals surface area contributed by atoms with Crippen LogP contribution in [0, 0.1) is 5.82 Å². The summed E-state index contributed by atoms with van der Waals surface area (Å²) in [6.07, 6.45) is 2.08. The second-order valence-corrected chi connectivity index (χ2v) is 8.41. The molecule has 1 saturated heterocycles. The lowest BCUT2D eigenvalue weighted by Crippen LogP contribution is -2.33. The number of carbonyl (C=O) groups excluding carboxylic acids is 3. The summed E-state index contributed by atoms with van der Waals surface area (Å²) in [5.41, 5.74) is 1.04. The van der Waals surface area contributed by atoms with Gasteiger partial charge in [-0.25, -0.2) is 14.2 Å². The van der Waals surface area contributed by atoms with E-state index in [0.29, 0.717) is 11.4 Å². The molecule has 3 aromatic rings. The minimum absolute atomic E-state index is 0.0216. The molecule has 1 aliphatic heterocycles. The summed E-state index contributed by atoms with van der Waals surface area (Å²) >= 11 is 1.48. The first kappa shape index (κ1) is 22.5. The van der Waals surface area contributed by atoms with Crippen molar-refractivity contribution in [3.05, 3.63) is 64.6 Å². The van der Waals surface area contributed by atoms with Crippen molar-refractivity contribution in [2.45, 2.75) is 26.1 Å². The molecule has 1 aliphatic rings. The van der Waals surface area contributed by atoms with Gasteiger partial charge in [-0.15, -0.1) is 11.3 Å². The molecule has 33 heavy (non-hydrogen) atoms. The molecule has 1 fully saturated rings. The highest BCUT2D eigenvalue weighted by atomic mass is 32.1. The van der Waals surface area contributed by atoms with Crippen LogP contribution < -0.4 is 10.2 Å². The maximum absolute atomic E-state index is 14.8. The Kier molecular flexibility index (Phi) is 6.68. The Morgan fingerprint density at radius 3 is 2.94 bits per heavy atom. The highest BCUT2D eigenvalue weighted by molar-refractivity contribution is 7.10. The summed E-state index contributed by atoms with van der Waals surface area (Å²) in [6.45, 7) is 1.74. The topological polar surface area (TPSA) is 103 Å². The molecular formula is C22H21FN4O5S. The van der Waals surface area contributed by atoms with Gasteiger partial charge >= 0.3 is 12.1 Å². The van der Waals surface area contributed by atoms with E-state index in [4.69, 9.17) is 9.47 Å². The number of ether oxygens (including phenoxy) is 2. The van der Waals surface area contributed by atoms with Gasteiger partial charge in [0.2, 0.25) is 5.91 Å².